The fourth-order valence-corrected chi connectivity index (χ4v) is 2.69. The molecule has 2 rings (SSSR count). The van der Waals surface area contributed by atoms with Crippen LogP contribution in [0.4, 0.5) is 4.79 Å². The van der Waals surface area contributed by atoms with Crippen molar-refractivity contribution in [1.29, 1.82) is 0 Å². The zero-order valence-electron chi connectivity index (χ0n) is 13.0. The van der Waals surface area contributed by atoms with Crippen LogP contribution in [0, 0.1) is 0 Å². The minimum Gasteiger partial charge on any atom is -0.410 e. The van der Waals surface area contributed by atoms with Gasteiger partial charge in [0.05, 0.1) is 0 Å². The minimum absolute atomic E-state index is 0.305. The van der Waals surface area contributed by atoms with E-state index in [1.54, 1.807) is 18.0 Å². The second kappa shape index (κ2) is 6.57. The molecule has 0 bridgehead atoms. The molecule has 1 aliphatic rings. The van der Waals surface area contributed by atoms with E-state index in [2.05, 4.69) is 17.2 Å². The van der Waals surface area contributed by atoms with Gasteiger partial charge >= 0.3 is 6.09 Å². The van der Waals surface area contributed by atoms with Crippen LogP contribution in [0.15, 0.2) is 30.9 Å². The number of carbonyl (C=O) groups is 1. The summed E-state index contributed by atoms with van der Waals surface area (Å²) in [5, 5.41) is 0. The summed E-state index contributed by atoms with van der Waals surface area (Å²) in [4.78, 5) is 13.5. The predicted octanol–water partition coefficient (Wildman–Crippen LogP) is 3.02. The fraction of sp³-hybridized carbons (Fsp3) is 0.412. The molecule has 21 heavy (non-hydrogen) atoms. The molecule has 0 saturated heterocycles. The maximum absolute atomic E-state index is 11.9. The van der Waals surface area contributed by atoms with Crippen molar-refractivity contribution in [3.63, 3.8) is 0 Å². The van der Waals surface area contributed by atoms with E-state index in [4.69, 9.17) is 4.74 Å². The number of allylic oxidation sites excluding steroid dienone is 1. The number of fused-ring (bicyclic) bond motifs is 1. The first-order chi connectivity index (χ1) is 10.1. The zero-order valence-corrected chi connectivity index (χ0v) is 13.0. The predicted molar refractivity (Wildman–Crippen MR) is 84.3 cm³/mol. The molecule has 0 radical (unpaired) electrons. The molecule has 0 heterocycles. The molecule has 0 aromatic heterocycles. The minimum atomic E-state index is -0.305. The van der Waals surface area contributed by atoms with Crippen molar-refractivity contribution in [2.75, 3.05) is 20.6 Å². The highest BCUT2D eigenvalue weighted by Gasteiger charge is 2.31. The van der Waals surface area contributed by atoms with Crippen molar-refractivity contribution in [3.05, 3.63) is 42.0 Å². The highest BCUT2D eigenvalue weighted by Crippen LogP contribution is 2.38. The number of nitrogens with zero attached hydrogens (tertiary/aromatic N) is 2. The third-order valence-corrected chi connectivity index (χ3v) is 4.01. The van der Waals surface area contributed by atoms with Crippen LogP contribution in [0.2, 0.25) is 0 Å². The maximum Gasteiger partial charge on any atom is 0.414 e. The lowest BCUT2D eigenvalue weighted by Gasteiger charge is -2.16. The zero-order chi connectivity index (χ0) is 15.4. The number of rotatable bonds is 4. The van der Waals surface area contributed by atoms with Crippen molar-refractivity contribution in [2.24, 2.45) is 0 Å². The summed E-state index contributed by atoms with van der Waals surface area (Å²) in [7, 11) is 3.78. The van der Waals surface area contributed by atoms with Gasteiger partial charge in [-0.05, 0) is 25.5 Å². The topological polar surface area (TPSA) is 32.6 Å². The standard InChI is InChI=1S/C17H23N2O2/c1-5-12-19(4)15-11-10-14-13(15)8-7-9-16(14)21-17(20)18(3)6-2/h5,7-9,12,15H,1,6,10-11H2,2-4H3/q+1/t15-/m1/s1. The molecule has 1 aromatic carbocycles. The van der Waals surface area contributed by atoms with E-state index < -0.39 is 0 Å². The Morgan fingerprint density at radius 2 is 2.33 bits per heavy atom. The van der Waals surface area contributed by atoms with E-state index in [1.807, 2.05) is 32.3 Å². The molecule has 1 atom stereocenters. The van der Waals surface area contributed by atoms with Gasteiger partial charge in [-0.15, -0.1) is 0 Å². The summed E-state index contributed by atoms with van der Waals surface area (Å²) in [5.41, 5.74) is 2.38. The second-order valence-electron chi connectivity index (χ2n) is 5.31. The van der Waals surface area contributed by atoms with Crippen LogP contribution in [-0.2, 0) is 6.42 Å². The summed E-state index contributed by atoms with van der Waals surface area (Å²) in [5.74, 6) is 0.687. The van der Waals surface area contributed by atoms with Gasteiger partial charge in [0.2, 0.25) is 0 Å². The third-order valence-electron chi connectivity index (χ3n) is 4.01. The summed E-state index contributed by atoms with van der Waals surface area (Å²) in [6.45, 7) is 6.30. The van der Waals surface area contributed by atoms with E-state index in [9.17, 15) is 4.79 Å². The summed E-state index contributed by atoms with van der Waals surface area (Å²) in [6, 6.07) is 6.26. The van der Waals surface area contributed by atoms with Gasteiger partial charge in [-0.3, -0.25) is 0 Å². The van der Waals surface area contributed by atoms with E-state index in [0.29, 0.717) is 18.3 Å². The van der Waals surface area contributed by atoms with Crippen molar-refractivity contribution in [1.82, 2.24) is 4.90 Å². The van der Waals surface area contributed by atoms with Gasteiger partial charge < -0.3 is 9.64 Å². The lowest BCUT2D eigenvalue weighted by atomic mass is 10.1. The molecule has 1 amide bonds. The molecule has 4 nitrogen and oxygen atoms in total. The van der Waals surface area contributed by atoms with Crippen molar-refractivity contribution in [2.45, 2.75) is 25.8 Å². The van der Waals surface area contributed by atoms with Crippen molar-refractivity contribution in [3.8, 4) is 5.75 Å². The van der Waals surface area contributed by atoms with Gasteiger partial charge in [-0.25, -0.2) is 9.37 Å². The van der Waals surface area contributed by atoms with E-state index >= 15 is 0 Å². The fourth-order valence-electron chi connectivity index (χ4n) is 2.69. The first-order valence-corrected chi connectivity index (χ1v) is 7.31. The van der Waals surface area contributed by atoms with Crippen LogP contribution in [0.5, 0.6) is 5.75 Å². The van der Waals surface area contributed by atoms with Gasteiger partial charge in [0, 0.05) is 31.1 Å². The Labute approximate surface area is 126 Å². The maximum atomic E-state index is 11.9. The number of hydrogen-bond acceptors (Lipinski definition) is 2. The molecule has 0 saturated carbocycles. The smallest absolute Gasteiger partial charge is 0.410 e. The Kier molecular flexibility index (Phi) is 4.78. The van der Waals surface area contributed by atoms with Gasteiger partial charge in [0.15, 0.2) is 12.3 Å². The molecular formula is C17H23N2O2+. The number of hydrogen-bond donors (Lipinski definition) is 0. The molecule has 1 aliphatic carbocycles. The third kappa shape index (κ3) is 3.15. The van der Waals surface area contributed by atoms with Crippen LogP contribution in [0.1, 0.15) is 30.5 Å². The molecule has 0 fully saturated rings. The van der Waals surface area contributed by atoms with Crippen LogP contribution >= 0.6 is 0 Å². The SMILES string of the molecule is C=CC=[N+](C)[C@@H]1CCc2c(OC(=O)N(C)CC)cccc21. The summed E-state index contributed by atoms with van der Waals surface area (Å²) >= 11 is 0. The Bertz CT molecular complexity index is 578. The highest BCUT2D eigenvalue weighted by atomic mass is 16.6. The Balaban J connectivity index is 2.27. The van der Waals surface area contributed by atoms with Crippen LogP contribution in [0.25, 0.3) is 0 Å². The second-order valence-corrected chi connectivity index (χ2v) is 5.31. The van der Waals surface area contributed by atoms with Crippen LogP contribution in [0.3, 0.4) is 0 Å². The molecular weight excluding hydrogens is 264 g/mol. The number of amides is 1. The first kappa shape index (κ1) is 15.3. The first-order valence-electron chi connectivity index (χ1n) is 7.31. The van der Waals surface area contributed by atoms with Gasteiger partial charge in [-0.2, -0.15) is 0 Å². The Hall–Kier alpha value is -2.10. The molecule has 112 valence electrons. The van der Waals surface area contributed by atoms with Gasteiger partial charge in [0.25, 0.3) is 0 Å². The molecule has 1 aromatic rings. The van der Waals surface area contributed by atoms with E-state index in [0.717, 1.165) is 18.4 Å². The van der Waals surface area contributed by atoms with Crippen LogP contribution < -0.4 is 4.74 Å². The number of ether oxygens (including phenoxy) is 1. The molecule has 0 aliphatic heterocycles. The van der Waals surface area contributed by atoms with Crippen molar-refractivity contribution < 1.29 is 14.1 Å². The quantitative estimate of drug-likeness (QED) is 0.630. The van der Waals surface area contributed by atoms with Gasteiger partial charge in [0.1, 0.15) is 12.8 Å². The molecule has 0 spiro atoms. The highest BCUT2D eigenvalue weighted by molar-refractivity contribution is 5.71. The largest absolute Gasteiger partial charge is 0.414 e. The lowest BCUT2D eigenvalue weighted by molar-refractivity contribution is -0.539. The molecule has 0 N–H and O–H groups in total. The molecule has 4 heteroatoms. The van der Waals surface area contributed by atoms with E-state index in [1.165, 1.54) is 5.56 Å². The Morgan fingerprint density at radius 3 is 3.00 bits per heavy atom. The van der Waals surface area contributed by atoms with Crippen LogP contribution in [-0.4, -0.2) is 42.4 Å². The summed E-state index contributed by atoms with van der Waals surface area (Å²) in [6.07, 6.45) is 5.41. The number of carbonyl (C=O) groups excluding carboxylic acids is 1. The lowest BCUT2D eigenvalue weighted by Crippen LogP contribution is -2.29. The average Bonchev–Trinajstić information content (AvgIpc) is 2.91. The van der Waals surface area contributed by atoms with E-state index in [-0.39, 0.29) is 6.09 Å². The van der Waals surface area contributed by atoms with Gasteiger partial charge in [-0.1, -0.05) is 18.7 Å². The summed E-state index contributed by atoms with van der Waals surface area (Å²) < 4.78 is 7.69. The molecule has 0 unspecified atom stereocenters. The normalized spacial score (nSPS) is 17.3. The number of benzene rings is 1. The van der Waals surface area contributed by atoms with Crippen molar-refractivity contribution >= 4 is 12.3 Å². The Morgan fingerprint density at radius 1 is 1.57 bits per heavy atom. The monoisotopic (exact) mass is 287 g/mol. The average molecular weight is 287 g/mol.